The maximum absolute atomic E-state index is 6.32. The number of hydrogen-bond donors (Lipinski definition) is 1. The highest BCUT2D eigenvalue weighted by Crippen LogP contribution is 2.50. The topological polar surface area (TPSA) is 47.7 Å². The minimum atomic E-state index is 0.208. The van der Waals surface area contributed by atoms with Gasteiger partial charge in [0.25, 0.3) is 0 Å². The highest BCUT2D eigenvalue weighted by Gasteiger charge is 2.51. The van der Waals surface area contributed by atoms with E-state index < -0.39 is 0 Å². The molecule has 128 valence electrons. The van der Waals surface area contributed by atoms with Crippen molar-refractivity contribution in [2.75, 3.05) is 20.8 Å². The number of ether oxygens (including phenoxy) is 2. The van der Waals surface area contributed by atoms with Gasteiger partial charge in [-0.15, -0.1) is 0 Å². The van der Waals surface area contributed by atoms with Crippen molar-refractivity contribution in [3.8, 4) is 11.5 Å². The van der Waals surface area contributed by atoms with Crippen molar-refractivity contribution in [3.05, 3.63) is 23.8 Å². The summed E-state index contributed by atoms with van der Waals surface area (Å²) in [5.74, 6) is 1.63. The van der Waals surface area contributed by atoms with E-state index >= 15 is 0 Å². The Hall–Kier alpha value is -1.26. The molecule has 1 aromatic carbocycles. The molecule has 0 amide bonds. The monoisotopic (exact) mass is 318 g/mol. The molecule has 1 aliphatic carbocycles. The van der Waals surface area contributed by atoms with Crippen molar-refractivity contribution < 1.29 is 9.47 Å². The van der Waals surface area contributed by atoms with E-state index in [1.807, 2.05) is 6.07 Å². The molecule has 1 saturated heterocycles. The molecule has 3 atom stereocenters. The number of nitrogens with zero attached hydrogens (tertiary/aromatic N) is 1. The van der Waals surface area contributed by atoms with Crippen LogP contribution in [0.5, 0.6) is 11.5 Å². The average Bonchev–Trinajstić information content (AvgIpc) is 2.94. The fourth-order valence-corrected chi connectivity index (χ4v) is 4.71. The first-order valence-corrected chi connectivity index (χ1v) is 8.75. The molecular weight excluding hydrogens is 288 g/mol. The van der Waals surface area contributed by atoms with Gasteiger partial charge in [-0.25, -0.2) is 0 Å². The lowest BCUT2D eigenvalue weighted by molar-refractivity contribution is 0.119. The van der Waals surface area contributed by atoms with Gasteiger partial charge in [-0.3, -0.25) is 4.90 Å². The van der Waals surface area contributed by atoms with E-state index in [1.54, 1.807) is 14.2 Å². The smallest absolute Gasteiger partial charge is 0.161 e. The first-order valence-electron chi connectivity index (χ1n) is 8.75. The first kappa shape index (κ1) is 16.6. The number of likely N-dealkylation sites (tertiary alicyclic amines) is 1. The van der Waals surface area contributed by atoms with E-state index in [0.29, 0.717) is 18.1 Å². The van der Waals surface area contributed by atoms with Crippen molar-refractivity contribution >= 4 is 0 Å². The number of fused-ring (bicyclic) bond motifs is 1. The fraction of sp³-hybridized carbons (Fsp3) is 0.684. The molecule has 3 rings (SSSR count). The zero-order valence-electron chi connectivity index (χ0n) is 14.8. The quantitative estimate of drug-likeness (QED) is 0.927. The standard InChI is InChI=1S/C19H30N2O2/c1-13(2)21-10-9-19(8-7-15(20)12-18(19)21)14-5-6-16(22-3)17(11-14)23-4/h5-6,11,13,15,18H,7-10,12,20H2,1-4H3. The molecule has 3 unspecified atom stereocenters. The van der Waals surface area contributed by atoms with Crippen molar-refractivity contribution in [2.24, 2.45) is 5.73 Å². The van der Waals surface area contributed by atoms with Crippen LogP contribution < -0.4 is 15.2 Å². The molecule has 1 aliphatic heterocycles. The van der Waals surface area contributed by atoms with Gasteiger partial charge in [0.05, 0.1) is 14.2 Å². The molecule has 2 aliphatic rings. The van der Waals surface area contributed by atoms with E-state index in [9.17, 15) is 0 Å². The van der Waals surface area contributed by atoms with Gasteiger partial charge in [0.2, 0.25) is 0 Å². The van der Waals surface area contributed by atoms with Crippen LogP contribution in [0.2, 0.25) is 0 Å². The van der Waals surface area contributed by atoms with Crippen LogP contribution in [0, 0.1) is 0 Å². The van der Waals surface area contributed by atoms with Crippen LogP contribution in [0.25, 0.3) is 0 Å². The Balaban J connectivity index is 2.01. The fourth-order valence-electron chi connectivity index (χ4n) is 4.71. The minimum absolute atomic E-state index is 0.208. The van der Waals surface area contributed by atoms with Crippen LogP contribution in [0.4, 0.5) is 0 Å². The summed E-state index contributed by atoms with van der Waals surface area (Å²) in [6.07, 6.45) is 4.57. The maximum atomic E-state index is 6.32. The Morgan fingerprint density at radius 2 is 1.91 bits per heavy atom. The Bertz CT molecular complexity index is 560. The van der Waals surface area contributed by atoms with E-state index in [4.69, 9.17) is 15.2 Å². The van der Waals surface area contributed by atoms with Gasteiger partial charge in [0.15, 0.2) is 11.5 Å². The third-order valence-electron chi connectivity index (χ3n) is 5.96. The SMILES string of the molecule is COc1ccc(C23CCC(N)CC2N(C(C)C)CC3)cc1OC. The van der Waals surface area contributed by atoms with E-state index in [0.717, 1.165) is 37.3 Å². The van der Waals surface area contributed by atoms with Gasteiger partial charge in [-0.05, 0) is 63.8 Å². The third kappa shape index (κ3) is 2.72. The van der Waals surface area contributed by atoms with Crippen molar-refractivity contribution in [2.45, 2.75) is 63.1 Å². The molecule has 0 bridgehead atoms. The number of nitrogens with two attached hydrogens (primary N) is 1. The molecule has 4 heteroatoms. The predicted molar refractivity (Wildman–Crippen MR) is 93.3 cm³/mol. The zero-order valence-corrected chi connectivity index (χ0v) is 14.8. The Morgan fingerprint density at radius 3 is 2.57 bits per heavy atom. The number of methoxy groups -OCH3 is 2. The highest BCUT2D eigenvalue weighted by atomic mass is 16.5. The summed E-state index contributed by atoms with van der Waals surface area (Å²) in [5, 5.41) is 0. The van der Waals surface area contributed by atoms with Crippen LogP contribution in [0.15, 0.2) is 18.2 Å². The van der Waals surface area contributed by atoms with Gasteiger partial charge < -0.3 is 15.2 Å². The van der Waals surface area contributed by atoms with Crippen molar-refractivity contribution in [1.29, 1.82) is 0 Å². The van der Waals surface area contributed by atoms with Gasteiger partial charge in [0, 0.05) is 23.5 Å². The second-order valence-electron chi connectivity index (χ2n) is 7.36. The second kappa shape index (κ2) is 6.33. The summed E-state index contributed by atoms with van der Waals surface area (Å²) >= 11 is 0. The van der Waals surface area contributed by atoms with Gasteiger partial charge in [-0.2, -0.15) is 0 Å². The molecule has 0 spiro atoms. The van der Waals surface area contributed by atoms with Crippen LogP contribution in [0.3, 0.4) is 0 Å². The molecule has 4 nitrogen and oxygen atoms in total. The maximum Gasteiger partial charge on any atom is 0.161 e. The molecule has 1 heterocycles. The predicted octanol–water partition coefficient (Wildman–Crippen LogP) is 2.94. The zero-order chi connectivity index (χ0) is 16.6. The van der Waals surface area contributed by atoms with Crippen LogP contribution in [-0.4, -0.2) is 43.8 Å². The molecule has 23 heavy (non-hydrogen) atoms. The highest BCUT2D eigenvalue weighted by molar-refractivity contribution is 5.46. The van der Waals surface area contributed by atoms with Crippen LogP contribution in [-0.2, 0) is 5.41 Å². The summed E-state index contributed by atoms with van der Waals surface area (Å²) in [7, 11) is 3.40. The molecule has 2 N–H and O–H groups in total. The molecule has 0 aromatic heterocycles. The average molecular weight is 318 g/mol. The third-order valence-corrected chi connectivity index (χ3v) is 5.96. The molecule has 1 saturated carbocycles. The van der Waals surface area contributed by atoms with Crippen LogP contribution >= 0.6 is 0 Å². The minimum Gasteiger partial charge on any atom is -0.493 e. The number of hydrogen-bond acceptors (Lipinski definition) is 4. The number of benzene rings is 1. The second-order valence-corrected chi connectivity index (χ2v) is 7.36. The van der Waals surface area contributed by atoms with Crippen molar-refractivity contribution in [3.63, 3.8) is 0 Å². The van der Waals surface area contributed by atoms with Gasteiger partial charge in [-0.1, -0.05) is 6.07 Å². The molecule has 1 aromatic rings. The van der Waals surface area contributed by atoms with E-state index in [1.165, 1.54) is 12.0 Å². The van der Waals surface area contributed by atoms with E-state index in [-0.39, 0.29) is 5.41 Å². The number of rotatable bonds is 4. The lowest BCUT2D eigenvalue weighted by atomic mass is 9.65. The lowest BCUT2D eigenvalue weighted by Crippen LogP contribution is -2.51. The van der Waals surface area contributed by atoms with Crippen molar-refractivity contribution in [1.82, 2.24) is 4.90 Å². The largest absolute Gasteiger partial charge is 0.493 e. The summed E-state index contributed by atoms with van der Waals surface area (Å²) in [6, 6.07) is 7.89. The molecule has 0 radical (unpaired) electrons. The first-order chi connectivity index (χ1) is 11.0. The Morgan fingerprint density at radius 1 is 1.17 bits per heavy atom. The van der Waals surface area contributed by atoms with E-state index in [2.05, 4.69) is 30.9 Å². The molecular formula is C19H30N2O2. The van der Waals surface area contributed by atoms with Gasteiger partial charge in [0.1, 0.15) is 0 Å². The van der Waals surface area contributed by atoms with Gasteiger partial charge >= 0.3 is 0 Å². The molecule has 2 fully saturated rings. The summed E-state index contributed by atoms with van der Waals surface area (Å²) in [4.78, 5) is 2.65. The lowest BCUT2D eigenvalue weighted by Gasteiger charge is -2.45. The summed E-state index contributed by atoms with van der Waals surface area (Å²) in [5.41, 5.74) is 7.91. The normalized spacial score (nSPS) is 31.2. The van der Waals surface area contributed by atoms with Crippen LogP contribution in [0.1, 0.15) is 45.1 Å². The Labute approximate surface area is 139 Å². The summed E-state index contributed by atoms with van der Waals surface area (Å²) < 4.78 is 11.0. The summed E-state index contributed by atoms with van der Waals surface area (Å²) in [6.45, 7) is 5.75. The Kier molecular flexibility index (Phi) is 4.56.